The second kappa shape index (κ2) is 5.10. The Kier molecular flexibility index (Phi) is 3.28. The molecule has 0 bridgehead atoms. The van der Waals surface area contributed by atoms with E-state index >= 15 is 0 Å². The molecule has 0 radical (unpaired) electrons. The molecule has 0 spiro atoms. The Bertz CT molecular complexity index is 699. The third kappa shape index (κ3) is 2.21. The first-order valence-corrected chi connectivity index (χ1v) is 7.35. The van der Waals surface area contributed by atoms with Crippen LogP contribution in [0.1, 0.15) is 28.9 Å². The van der Waals surface area contributed by atoms with Crippen LogP contribution in [0.5, 0.6) is 0 Å². The maximum atomic E-state index is 12.6. The van der Waals surface area contributed by atoms with E-state index in [0.717, 1.165) is 23.1 Å². The van der Waals surface area contributed by atoms with Crippen LogP contribution in [0.25, 0.3) is 10.2 Å². The zero-order valence-electron chi connectivity index (χ0n) is 10.9. The van der Waals surface area contributed by atoms with Gasteiger partial charge in [0.15, 0.2) is 0 Å². The summed E-state index contributed by atoms with van der Waals surface area (Å²) in [5.74, 6) is -0.0664. The zero-order chi connectivity index (χ0) is 14.1. The number of nitrogens with two attached hydrogens (primary N) is 1. The number of nitriles is 1. The number of carbonyl (C=O) groups excluding carboxylic acids is 1. The molecule has 20 heavy (non-hydrogen) atoms. The van der Waals surface area contributed by atoms with Gasteiger partial charge in [-0.3, -0.25) is 4.79 Å². The van der Waals surface area contributed by atoms with Gasteiger partial charge in [-0.15, -0.1) is 11.3 Å². The lowest BCUT2D eigenvalue weighted by atomic mass is 10.2. The zero-order valence-corrected chi connectivity index (χ0v) is 11.7. The molecular weight excluding hydrogens is 272 g/mol. The summed E-state index contributed by atoms with van der Waals surface area (Å²) in [6.45, 7) is 0.473. The minimum absolute atomic E-state index is 0.0664. The molecule has 2 aromatic rings. The number of pyridine rings is 1. The van der Waals surface area contributed by atoms with E-state index in [1.807, 2.05) is 12.1 Å². The van der Waals surface area contributed by atoms with E-state index in [2.05, 4.69) is 11.1 Å². The standard InChI is InChI=1S/C14H14N4OS/c15-6-2-8-18(9-4-5-9)14(19)12-11(16)10-3-1-7-17-13(10)20-12/h1,3,7,9H,2,4-5,8,16H2. The van der Waals surface area contributed by atoms with E-state index in [-0.39, 0.29) is 11.9 Å². The van der Waals surface area contributed by atoms with E-state index in [0.29, 0.717) is 23.5 Å². The fourth-order valence-corrected chi connectivity index (χ4v) is 3.27. The third-order valence-corrected chi connectivity index (χ3v) is 4.53. The molecule has 0 unspecified atom stereocenters. The highest BCUT2D eigenvalue weighted by Crippen LogP contribution is 2.35. The summed E-state index contributed by atoms with van der Waals surface area (Å²) in [4.78, 5) is 20.0. The van der Waals surface area contributed by atoms with Gasteiger partial charge in [-0.2, -0.15) is 5.26 Å². The monoisotopic (exact) mass is 286 g/mol. The molecule has 1 saturated carbocycles. The smallest absolute Gasteiger partial charge is 0.266 e. The summed E-state index contributed by atoms with van der Waals surface area (Å²) < 4.78 is 0. The van der Waals surface area contributed by atoms with Gasteiger partial charge in [0.2, 0.25) is 0 Å². The number of hydrogen-bond donors (Lipinski definition) is 1. The van der Waals surface area contributed by atoms with Crippen molar-refractivity contribution in [2.24, 2.45) is 0 Å². The molecule has 0 aromatic carbocycles. The number of carbonyl (C=O) groups is 1. The fraction of sp³-hybridized carbons (Fsp3) is 0.357. The molecule has 5 nitrogen and oxygen atoms in total. The van der Waals surface area contributed by atoms with Crippen molar-refractivity contribution in [2.45, 2.75) is 25.3 Å². The first-order valence-electron chi connectivity index (χ1n) is 6.53. The van der Waals surface area contributed by atoms with Crippen LogP contribution >= 0.6 is 11.3 Å². The van der Waals surface area contributed by atoms with Crippen LogP contribution in [0.3, 0.4) is 0 Å². The molecule has 1 aliphatic carbocycles. The number of rotatable bonds is 4. The van der Waals surface area contributed by atoms with Gasteiger partial charge in [0.25, 0.3) is 5.91 Å². The van der Waals surface area contributed by atoms with Gasteiger partial charge in [-0.1, -0.05) is 0 Å². The number of nitrogen functional groups attached to an aromatic ring is 1. The lowest BCUT2D eigenvalue weighted by Crippen LogP contribution is -2.33. The summed E-state index contributed by atoms with van der Waals surface area (Å²) in [5, 5.41) is 9.55. The predicted molar refractivity (Wildman–Crippen MR) is 78.3 cm³/mol. The highest BCUT2D eigenvalue weighted by Gasteiger charge is 2.34. The molecule has 2 aromatic heterocycles. The highest BCUT2D eigenvalue weighted by molar-refractivity contribution is 7.21. The van der Waals surface area contributed by atoms with Gasteiger partial charge in [0.05, 0.1) is 18.2 Å². The molecule has 3 rings (SSSR count). The van der Waals surface area contributed by atoms with Gasteiger partial charge in [0.1, 0.15) is 9.71 Å². The number of amides is 1. The molecule has 102 valence electrons. The topological polar surface area (TPSA) is 83.0 Å². The average molecular weight is 286 g/mol. The lowest BCUT2D eigenvalue weighted by molar-refractivity contribution is 0.0753. The van der Waals surface area contributed by atoms with Gasteiger partial charge in [-0.05, 0) is 25.0 Å². The number of fused-ring (bicyclic) bond motifs is 1. The van der Waals surface area contributed by atoms with Gasteiger partial charge < -0.3 is 10.6 Å². The largest absolute Gasteiger partial charge is 0.397 e. The van der Waals surface area contributed by atoms with Crippen LogP contribution in [-0.2, 0) is 0 Å². The quantitative estimate of drug-likeness (QED) is 0.935. The van der Waals surface area contributed by atoms with Crippen LogP contribution < -0.4 is 5.73 Å². The van der Waals surface area contributed by atoms with Crippen LogP contribution in [-0.4, -0.2) is 28.4 Å². The Morgan fingerprint density at radius 1 is 1.60 bits per heavy atom. The van der Waals surface area contributed by atoms with E-state index < -0.39 is 0 Å². The van der Waals surface area contributed by atoms with Crippen molar-refractivity contribution in [1.82, 2.24) is 9.88 Å². The molecule has 1 fully saturated rings. The molecule has 1 aliphatic rings. The molecular formula is C14H14N4OS. The first kappa shape index (κ1) is 12.9. The summed E-state index contributed by atoms with van der Waals surface area (Å²) in [5.41, 5.74) is 6.59. The summed E-state index contributed by atoms with van der Waals surface area (Å²) in [6, 6.07) is 6.06. The van der Waals surface area contributed by atoms with E-state index in [9.17, 15) is 4.79 Å². The lowest BCUT2D eigenvalue weighted by Gasteiger charge is -2.20. The normalized spacial score (nSPS) is 14.2. The molecule has 0 atom stereocenters. The third-order valence-electron chi connectivity index (χ3n) is 3.41. The fourth-order valence-electron chi connectivity index (χ4n) is 2.25. The van der Waals surface area contributed by atoms with Crippen molar-refractivity contribution in [3.05, 3.63) is 23.2 Å². The minimum Gasteiger partial charge on any atom is -0.397 e. The number of nitrogens with zero attached hydrogens (tertiary/aromatic N) is 3. The number of aromatic nitrogens is 1. The first-order chi connectivity index (χ1) is 9.72. The van der Waals surface area contributed by atoms with Crippen LogP contribution in [0.4, 0.5) is 5.69 Å². The van der Waals surface area contributed by atoms with Crippen LogP contribution in [0, 0.1) is 11.3 Å². The average Bonchev–Trinajstić information content (AvgIpc) is 3.24. The number of anilines is 1. The molecule has 0 saturated heterocycles. The van der Waals surface area contributed by atoms with Gasteiger partial charge in [0, 0.05) is 24.2 Å². The second-order valence-electron chi connectivity index (χ2n) is 4.84. The van der Waals surface area contributed by atoms with E-state index in [1.165, 1.54) is 11.3 Å². The van der Waals surface area contributed by atoms with Crippen molar-refractivity contribution in [1.29, 1.82) is 5.26 Å². The van der Waals surface area contributed by atoms with Gasteiger partial charge in [-0.25, -0.2) is 4.98 Å². The molecule has 2 heterocycles. The highest BCUT2D eigenvalue weighted by atomic mass is 32.1. The minimum atomic E-state index is -0.0664. The Morgan fingerprint density at radius 3 is 3.05 bits per heavy atom. The second-order valence-corrected chi connectivity index (χ2v) is 5.84. The van der Waals surface area contributed by atoms with Crippen molar-refractivity contribution >= 4 is 33.1 Å². The Labute approximate surface area is 120 Å². The maximum Gasteiger partial charge on any atom is 0.266 e. The van der Waals surface area contributed by atoms with Gasteiger partial charge >= 0.3 is 0 Å². The molecule has 1 amide bonds. The Morgan fingerprint density at radius 2 is 2.40 bits per heavy atom. The summed E-state index contributed by atoms with van der Waals surface area (Å²) >= 11 is 1.33. The Hall–Kier alpha value is -2.13. The van der Waals surface area contributed by atoms with Crippen molar-refractivity contribution in [2.75, 3.05) is 12.3 Å². The summed E-state index contributed by atoms with van der Waals surface area (Å²) in [7, 11) is 0. The SMILES string of the molecule is N#CCCN(C(=O)c1sc2ncccc2c1N)C1CC1. The van der Waals surface area contributed by atoms with Crippen LogP contribution in [0.15, 0.2) is 18.3 Å². The molecule has 0 aliphatic heterocycles. The number of hydrogen-bond acceptors (Lipinski definition) is 5. The van der Waals surface area contributed by atoms with Crippen molar-refractivity contribution < 1.29 is 4.79 Å². The predicted octanol–water partition coefficient (Wildman–Crippen LogP) is 2.40. The van der Waals surface area contributed by atoms with E-state index in [1.54, 1.807) is 11.1 Å². The van der Waals surface area contributed by atoms with Crippen LogP contribution in [0.2, 0.25) is 0 Å². The van der Waals surface area contributed by atoms with Crippen molar-refractivity contribution in [3.8, 4) is 6.07 Å². The van der Waals surface area contributed by atoms with Crippen molar-refractivity contribution in [3.63, 3.8) is 0 Å². The molecule has 6 heteroatoms. The molecule has 2 N–H and O–H groups in total. The Balaban J connectivity index is 1.94. The maximum absolute atomic E-state index is 12.6. The summed E-state index contributed by atoms with van der Waals surface area (Å²) in [6.07, 6.45) is 4.08. The van der Waals surface area contributed by atoms with E-state index in [4.69, 9.17) is 11.0 Å². The number of thiophene rings is 1.